The van der Waals surface area contributed by atoms with Crippen LogP contribution in [0.15, 0.2) is 12.1 Å². The minimum absolute atomic E-state index is 0.369. The van der Waals surface area contributed by atoms with Crippen molar-refractivity contribution in [1.29, 1.82) is 0 Å². The van der Waals surface area contributed by atoms with E-state index in [1.54, 1.807) is 0 Å². The quantitative estimate of drug-likeness (QED) is 0.857. The molecule has 2 heteroatoms. The Morgan fingerprint density at radius 2 is 1.47 bits per heavy atom. The topological polar surface area (TPSA) is 23.5 Å². The molecule has 2 nitrogen and oxygen atoms in total. The van der Waals surface area contributed by atoms with Gasteiger partial charge in [-0.2, -0.15) is 0 Å². The first-order valence-corrected chi connectivity index (χ1v) is 6.62. The molecular weight excluding hydrogens is 210 g/mol. The first kappa shape index (κ1) is 12.3. The fraction of sp³-hybridized carbons (Fsp3) is 0.600. The van der Waals surface area contributed by atoms with Crippen LogP contribution in [-0.2, 0) is 0 Å². The molecular formula is C15H23NO. The zero-order valence-electron chi connectivity index (χ0n) is 11.3. The van der Waals surface area contributed by atoms with Gasteiger partial charge in [0.15, 0.2) is 0 Å². The highest BCUT2D eigenvalue weighted by molar-refractivity contribution is 5.59. The minimum atomic E-state index is 0.369. The van der Waals surface area contributed by atoms with Gasteiger partial charge in [0.05, 0.1) is 0 Å². The van der Waals surface area contributed by atoms with E-state index in [1.807, 2.05) is 0 Å². The second-order valence-corrected chi connectivity index (χ2v) is 5.62. The molecule has 0 spiro atoms. The molecule has 0 atom stereocenters. The zero-order valence-corrected chi connectivity index (χ0v) is 11.3. The number of hydrogen-bond acceptors (Lipinski definition) is 2. The molecule has 1 N–H and O–H groups in total. The summed E-state index contributed by atoms with van der Waals surface area (Å²) in [5, 5.41) is 10.3. The van der Waals surface area contributed by atoms with E-state index in [1.165, 1.54) is 12.1 Å². The highest BCUT2D eigenvalue weighted by Gasteiger charge is 2.20. The Morgan fingerprint density at radius 1 is 1.00 bits per heavy atom. The molecule has 0 radical (unpaired) electrons. The summed E-state index contributed by atoms with van der Waals surface area (Å²) in [6, 6.07) is 4.32. The number of phenolic OH excluding ortho intramolecular Hbond substituents is 1. The summed E-state index contributed by atoms with van der Waals surface area (Å²) in [6.07, 6.45) is 1.29. The summed E-state index contributed by atoms with van der Waals surface area (Å²) in [7, 11) is 0. The summed E-state index contributed by atoms with van der Waals surface area (Å²) in [5.41, 5.74) is 3.44. The Hall–Kier alpha value is -1.18. The highest BCUT2D eigenvalue weighted by atomic mass is 16.3. The summed E-state index contributed by atoms with van der Waals surface area (Å²) in [6.45, 7) is 10.9. The number of anilines is 1. The lowest BCUT2D eigenvalue weighted by molar-refractivity contribution is 0.454. The van der Waals surface area contributed by atoms with E-state index >= 15 is 0 Å². The molecule has 2 rings (SSSR count). The first-order chi connectivity index (χ1) is 8.00. The van der Waals surface area contributed by atoms with Crippen molar-refractivity contribution in [1.82, 2.24) is 0 Å². The van der Waals surface area contributed by atoms with Gasteiger partial charge in [-0.3, -0.25) is 0 Å². The van der Waals surface area contributed by atoms with E-state index in [2.05, 4.69) is 44.7 Å². The van der Waals surface area contributed by atoms with Gasteiger partial charge in [-0.05, 0) is 41.5 Å². The zero-order chi connectivity index (χ0) is 12.6. The van der Waals surface area contributed by atoms with Crippen molar-refractivity contribution < 1.29 is 5.11 Å². The van der Waals surface area contributed by atoms with Crippen molar-refractivity contribution in [3.8, 4) is 5.75 Å². The lowest BCUT2D eigenvalue weighted by Crippen LogP contribution is -2.37. The van der Waals surface area contributed by atoms with Crippen molar-refractivity contribution in [2.75, 3.05) is 18.0 Å². The van der Waals surface area contributed by atoms with Gasteiger partial charge in [-0.1, -0.05) is 27.7 Å². The fourth-order valence-corrected chi connectivity index (χ4v) is 2.30. The molecule has 0 unspecified atom stereocenters. The van der Waals surface area contributed by atoms with Gasteiger partial charge in [0.25, 0.3) is 0 Å². The molecule has 0 saturated carbocycles. The van der Waals surface area contributed by atoms with Gasteiger partial charge in [-0.15, -0.1) is 0 Å². The molecule has 1 heterocycles. The van der Waals surface area contributed by atoms with Crippen molar-refractivity contribution in [3.05, 3.63) is 23.3 Å². The molecule has 1 fully saturated rings. The van der Waals surface area contributed by atoms with E-state index in [4.69, 9.17) is 0 Å². The Bertz CT molecular complexity index is 376. The van der Waals surface area contributed by atoms with Crippen LogP contribution in [0.1, 0.15) is 57.1 Å². The van der Waals surface area contributed by atoms with Crippen LogP contribution >= 0.6 is 0 Å². The van der Waals surface area contributed by atoms with Gasteiger partial charge in [-0.25, -0.2) is 0 Å². The summed E-state index contributed by atoms with van der Waals surface area (Å²) < 4.78 is 0. The summed E-state index contributed by atoms with van der Waals surface area (Å²) in [5.74, 6) is 1.24. The molecule has 94 valence electrons. The maximum atomic E-state index is 10.3. The third-order valence-corrected chi connectivity index (χ3v) is 3.62. The van der Waals surface area contributed by atoms with E-state index < -0.39 is 0 Å². The van der Waals surface area contributed by atoms with E-state index in [9.17, 15) is 5.11 Å². The largest absolute Gasteiger partial charge is 0.507 e. The predicted octanol–water partition coefficient (Wildman–Crippen LogP) is 3.85. The molecule has 0 amide bonds. The third-order valence-electron chi connectivity index (χ3n) is 3.62. The predicted molar refractivity (Wildman–Crippen MR) is 73.1 cm³/mol. The van der Waals surface area contributed by atoms with Gasteiger partial charge in [0.2, 0.25) is 0 Å². The smallest absolute Gasteiger partial charge is 0.122 e. The Morgan fingerprint density at radius 3 is 1.76 bits per heavy atom. The number of hydrogen-bond donors (Lipinski definition) is 1. The second kappa shape index (κ2) is 4.59. The number of nitrogens with zero attached hydrogens (tertiary/aromatic N) is 1. The third kappa shape index (κ3) is 2.26. The van der Waals surface area contributed by atoms with Crippen molar-refractivity contribution >= 4 is 5.69 Å². The van der Waals surface area contributed by atoms with Crippen LogP contribution in [-0.4, -0.2) is 18.2 Å². The number of benzene rings is 1. The standard InChI is InChI=1S/C15H23NO/c1-10(2)13-8-12(16-6-5-7-16)9-14(11(3)4)15(13)17/h8-11,17H,5-7H2,1-4H3. The molecule has 1 aliphatic heterocycles. The normalized spacial score (nSPS) is 15.5. The second-order valence-electron chi connectivity index (χ2n) is 5.62. The molecule has 1 saturated heterocycles. The molecule has 1 aliphatic rings. The summed E-state index contributed by atoms with van der Waals surface area (Å²) >= 11 is 0. The van der Waals surface area contributed by atoms with Crippen LogP contribution in [0.4, 0.5) is 5.69 Å². The Kier molecular flexibility index (Phi) is 3.32. The highest BCUT2D eigenvalue weighted by Crippen LogP contribution is 2.38. The lowest BCUT2D eigenvalue weighted by atomic mass is 9.92. The first-order valence-electron chi connectivity index (χ1n) is 6.62. The van der Waals surface area contributed by atoms with Gasteiger partial charge in [0.1, 0.15) is 5.75 Å². The van der Waals surface area contributed by atoms with Crippen LogP contribution in [0.2, 0.25) is 0 Å². The van der Waals surface area contributed by atoms with Crippen LogP contribution < -0.4 is 4.90 Å². The van der Waals surface area contributed by atoms with E-state index in [0.717, 1.165) is 24.2 Å². The fourth-order valence-electron chi connectivity index (χ4n) is 2.30. The van der Waals surface area contributed by atoms with Crippen molar-refractivity contribution in [3.63, 3.8) is 0 Å². The summed E-state index contributed by atoms with van der Waals surface area (Å²) in [4.78, 5) is 2.39. The molecule has 17 heavy (non-hydrogen) atoms. The minimum Gasteiger partial charge on any atom is -0.507 e. The van der Waals surface area contributed by atoms with Gasteiger partial charge in [0, 0.05) is 18.8 Å². The Labute approximate surface area is 104 Å². The maximum Gasteiger partial charge on any atom is 0.122 e. The van der Waals surface area contributed by atoms with Gasteiger partial charge < -0.3 is 10.0 Å². The average Bonchev–Trinajstić information content (AvgIpc) is 2.16. The Balaban J connectivity index is 2.47. The van der Waals surface area contributed by atoms with Crippen LogP contribution in [0.25, 0.3) is 0 Å². The molecule has 0 aliphatic carbocycles. The molecule has 1 aromatic carbocycles. The van der Waals surface area contributed by atoms with Crippen LogP contribution in [0.5, 0.6) is 5.75 Å². The van der Waals surface area contributed by atoms with Crippen molar-refractivity contribution in [2.24, 2.45) is 0 Å². The average molecular weight is 233 g/mol. The lowest BCUT2D eigenvalue weighted by Gasteiger charge is -2.34. The number of aromatic hydroxyl groups is 1. The maximum absolute atomic E-state index is 10.3. The number of phenols is 1. The van der Waals surface area contributed by atoms with Crippen LogP contribution in [0, 0.1) is 0 Å². The molecule has 0 bridgehead atoms. The van der Waals surface area contributed by atoms with Crippen molar-refractivity contribution in [2.45, 2.75) is 46.0 Å². The molecule has 0 aromatic heterocycles. The monoisotopic (exact) mass is 233 g/mol. The SMILES string of the molecule is CC(C)c1cc(N2CCC2)cc(C(C)C)c1O. The molecule has 1 aromatic rings. The van der Waals surface area contributed by atoms with E-state index in [-0.39, 0.29) is 0 Å². The van der Waals surface area contributed by atoms with Gasteiger partial charge >= 0.3 is 0 Å². The van der Waals surface area contributed by atoms with Crippen LogP contribution in [0.3, 0.4) is 0 Å². The number of rotatable bonds is 3. The van der Waals surface area contributed by atoms with E-state index in [0.29, 0.717) is 17.6 Å².